The molecule has 1 saturated heterocycles. The third kappa shape index (κ3) is 4.07. The minimum absolute atomic E-state index is 0.0657. The van der Waals surface area contributed by atoms with Crippen molar-refractivity contribution in [2.45, 2.75) is 32.3 Å². The Kier molecular flexibility index (Phi) is 5.72. The molecule has 0 saturated carbocycles. The molecule has 6 heteroatoms. The molecule has 6 nitrogen and oxygen atoms in total. The molecule has 1 aliphatic heterocycles. The molecule has 3 rings (SSSR count). The van der Waals surface area contributed by atoms with Gasteiger partial charge in [0.15, 0.2) is 5.82 Å². The molecule has 1 aliphatic rings. The van der Waals surface area contributed by atoms with E-state index in [0.717, 1.165) is 55.3 Å². The molecule has 0 aromatic carbocycles. The number of ether oxygens (including phenoxy) is 1. The van der Waals surface area contributed by atoms with Crippen LogP contribution in [-0.4, -0.2) is 52.5 Å². The molecule has 1 fully saturated rings. The number of aliphatic hydroxyl groups is 1. The average molecular weight is 328 g/mol. The third-order valence-corrected chi connectivity index (χ3v) is 4.21. The number of aliphatic hydroxyl groups excluding tert-OH is 1. The fraction of sp³-hybridized carbons (Fsp3) is 0.500. The van der Waals surface area contributed by atoms with Gasteiger partial charge in [0, 0.05) is 42.8 Å². The predicted octanol–water partition coefficient (Wildman–Crippen LogP) is 2.08. The molecule has 2 aromatic rings. The van der Waals surface area contributed by atoms with E-state index in [-0.39, 0.29) is 12.7 Å². The van der Waals surface area contributed by atoms with Crippen molar-refractivity contribution in [3.8, 4) is 11.4 Å². The quantitative estimate of drug-likeness (QED) is 0.875. The molecule has 24 heavy (non-hydrogen) atoms. The summed E-state index contributed by atoms with van der Waals surface area (Å²) in [5.74, 6) is 1.69. The zero-order chi connectivity index (χ0) is 16.8. The molecule has 0 radical (unpaired) electrons. The number of anilines is 1. The number of pyridine rings is 1. The molecule has 1 atom stereocenters. The van der Waals surface area contributed by atoms with Crippen molar-refractivity contribution in [2.75, 3.05) is 31.2 Å². The van der Waals surface area contributed by atoms with Crippen LogP contribution in [0, 0.1) is 0 Å². The van der Waals surface area contributed by atoms with Crippen molar-refractivity contribution >= 4 is 5.82 Å². The number of aromatic nitrogens is 3. The molecule has 2 aromatic heterocycles. The van der Waals surface area contributed by atoms with Gasteiger partial charge in [0.1, 0.15) is 5.82 Å². The molecule has 0 aliphatic carbocycles. The lowest BCUT2D eigenvalue weighted by Gasteiger charge is -2.33. The summed E-state index contributed by atoms with van der Waals surface area (Å²) in [5, 5.41) is 8.95. The van der Waals surface area contributed by atoms with E-state index in [1.54, 1.807) is 12.4 Å². The molecule has 0 bridgehead atoms. The van der Waals surface area contributed by atoms with Crippen molar-refractivity contribution in [1.29, 1.82) is 0 Å². The molecule has 0 amide bonds. The Balaban J connectivity index is 1.84. The lowest BCUT2D eigenvalue weighted by Crippen LogP contribution is -2.40. The van der Waals surface area contributed by atoms with E-state index in [4.69, 9.17) is 14.8 Å². The Morgan fingerprint density at radius 2 is 2.12 bits per heavy atom. The second-order valence-corrected chi connectivity index (χ2v) is 5.94. The van der Waals surface area contributed by atoms with Gasteiger partial charge in [0.05, 0.1) is 19.3 Å². The van der Waals surface area contributed by atoms with Crippen LogP contribution in [0.4, 0.5) is 5.82 Å². The van der Waals surface area contributed by atoms with Crippen LogP contribution in [0.1, 0.15) is 25.5 Å². The first kappa shape index (κ1) is 16.8. The minimum Gasteiger partial charge on any atom is -0.394 e. The second kappa shape index (κ2) is 8.17. The highest BCUT2D eigenvalue weighted by atomic mass is 16.5. The van der Waals surface area contributed by atoms with Crippen LogP contribution < -0.4 is 4.90 Å². The molecule has 0 spiro atoms. The first-order chi connectivity index (χ1) is 11.8. The number of aryl methyl sites for hydroxylation is 1. The van der Waals surface area contributed by atoms with Gasteiger partial charge < -0.3 is 14.7 Å². The second-order valence-electron chi connectivity index (χ2n) is 5.94. The largest absolute Gasteiger partial charge is 0.394 e. The third-order valence-electron chi connectivity index (χ3n) is 4.21. The van der Waals surface area contributed by atoms with Crippen molar-refractivity contribution in [2.24, 2.45) is 0 Å². The van der Waals surface area contributed by atoms with Gasteiger partial charge >= 0.3 is 0 Å². The summed E-state index contributed by atoms with van der Waals surface area (Å²) in [5.41, 5.74) is 2.01. The van der Waals surface area contributed by atoms with Crippen LogP contribution >= 0.6 is 0 Å². The van der Waals surface area contributed by atoms with E-state index in [0.29, 0.717) is 6.61 Å². The average Bonchev–Trinajstić information content (AvgIpc) is 2.67. The molecule has 3 heterocycles. The van der Waals surface area contributed by atoms with Crippen molar-refractivity contribution in [3.63, 3.8) is 0 Å². The monoisotopic (exact) mass is 328 g/mol. The van der Waals surface area contributed by atoms with E-state index >= 15 is 0 Å². The maximum atomic E-state index is 8.95. The Labute approximate surface area is 142 Å². The maximum absolute atomic E-state index is 8.95. The van der Waals surface area contributed by atoms with Gasteiger partial charge in [-0.2, -0.15) is 0 Å². The summed E-state index contributed by atoms with van der Waals surface area (Å²) in [7, 11) is 0. The zero-order valence-corrected chi connectivity index (χ0v) is 14.1. The smallest absolute Gasteiger partial charge is 0.161 e. The Hall–Kier alpha value is -2.05. The van der Waals surface area contributed by atoms with E-state index in [1.807, 2.05) is 12.1 Å². The van der Waals surface area contributed by atoms with Crippen molar-refractivity contribution < 1.29 is 9.84 Å². The zero-order valence-electron chi connectivity index (χ0n) is 14.1. The minimum atomic E-state index is 0.0657. The number of rotatable bonds is 6. The SMILES string of the molecule is CCc1cc(N2CCCC(OCCO)C2)nc(-c2ccncc2)n1. The summed E-state index contributed by atoms with van der Waals surface area (Å²) in [6, 6.07) is 5.93. The standard InChI is InChI=1S/C18H24N4O2/c1-2-15-12-17(21-18(20-15)14-5-7-19-8-6-14)22-9-3-4-16(13-22)24-11-10-23/h5-8,12,16,23H,2-4,9-11,13H2,1H3. The first-order valence-electron chi connectivity index (χ1n) is 8.56. The molecule has 1 N–H and O–H groups in total. The highest BCUT2D eigenvalue weighted by Crippen LogP contribution is 2.23. The first-order valence-corrected chi connectivity index (χ1v) is 8.56. The topological polar surface area (TPSA) is 71.4 Å². The fourth-order valence-corrected chi connectivity index (χ4v) is 2.96. The lowest BCUT2D eigenvalue weighted by atomic mass is 10.1. The van der Waals surface area contributed by atoms with Crippen LogP contribution in [0.5, 0.6) is 0 Å². The predicted molar refractivity (Wildman–Crippen MR) is 92.9 cm³/mol. The maximum Gasteiger partial charge on any atom is 0.161 e. The van der Waals surface area contributed by atoms with Crippen LogP contribution in [0.25, 0.3) is 11.4 Å². The highest BCUT2D eigenvalue weighted by Gasteiger charge is 2.22. The lowest BCUT2D eigenvalue weighted by molar-refractivity contribution is 0.0213. The van der Waals surface area contributed by atoms with E-state index in [1.165, 1.54) is 0 Å². The Bertz CT molecular complexity index is 651. The van der Waals surface area contributed by atoms with Gasteiger partial charge in [-0.25, -0.2) is 9.97 Å². The van der Waals surface area contributed by atoms with E-state index in [9.17, 15) is 0 Å². The van der Waals surface area contributed by atoms with Gasteiger partial charge in [-0.1, -0.05) is 6.92 Å². The van der Waals surface area contributed by atoms with Crippen LogP contribution in [-0.2, 0) is 11.2 Å². The van der Waals surface area contributed by atoms with Crippen molar-refractivity contribution in [3.05, 3.63) is 36.3 Å². The summed E-state index contributed by atoms with van der Waals surface area (Å²) in [6.07, 6.45) is 6.63. The summed E-state index contributed by atoms with van der Waals surface area (Å²) >= 11 is 0. The molecule has 1 unspecified atom stereocenters. The fourth-order valence-electron chi connectivity index (χ4n) is 2.96. The van der Waals surface area contributed by atoms with Crippen LogP contribution in [0.3, 0.4) is 0 Å². The van der Waals surface area contributed by atoms with Gasteiger partial charge in [-0.05, 0) is 31.4 Å². The number of hydrogen-bond donors (Lipinski definition) is 1. The summed E-state index contributed by atoms with van der Waals surface area (Å²) in [6.45, 7) is 4.33. The number of nitrogens with zero attached hydrogens (tertiary/aromatic N) is 4. The number of hydrogen-bond acceptors (Lipinski definition) is 6. The molecular formula is C18H24N4O2. The summed E-state index contributed by atoms with van der Waals surface area (Å²) < 4.78 is 5.71. The van der Waals surface area contributed by atoms with Gasteiger partial charge in [0.2, 0.25) is 0 Å². The van der Waals surface area contributed by atoms with Crippen LogP contribution in [0.15, 0.2) is 30.6 Å². The van der Waals surface area contributed by atoms with E-state index in [2.05, 4.69) is 27.9 Å². The van der Waals surface area contributed by atoms with Gasteiger partial charge in [-0.15, -0.1) is 0 Å². The van der Waals surface area contributed by atoms with Crippen LogP contribution in [0.2, 0.25) is 0 Å². The van der Waals surface area contributed by atoms with Gasteiger partial charge in [0.25, 0.3) is 0 Å². The molecular weight excluding hydrogens is 304 g/mol. The summed E-state index contributed by atoms with van der Waals surface area (Å²) in [4.78, 5) is 15.8. The Morgan fingerprint density at radius 3 is 2.88 bits per heavy atom. The van der Waals surface area contributed by atoms with Gasteiger partial charge in [-0.3, -0.25) is 4.98 Å². The Morgan fingerprint density at radius 1 is 1.29 bits per heavy atom. The normalized spacial score (nSPS) is 17.9. The van der Waals surface area contributed by atoms with Crippen molar-refractivity contribution in [1.82, 2.24) is 15.0 Å². The number of piperidine rings is 1. The molecule has 128 valence electrons. The van der Waals surface area contributed by atoms with E-state index < -0.39 is 0 Å². The highest BCUT2D eigenvalue weighted by molar-refractivity contribution is 5.57.